The molecule has 1 aliphatic carbocycles. The lowest BCUT2D eigenvalue weighted by Crippen LogP contribution is -2.12. The SMILES string of the molecule is O=C(O)C(O)c1n[nH]c2c1CCC2. The fraction of sp³-hybridized carbons (Fsp3) is 0.500. The van der Waals surface area contributed by atoms with Crippen LogP contribution in [0.5, 0.6) is 0 Å². The number of aliphatic hydroxyl groups is 1. The zero-order chi connectivity index (χ0) is 9.42. The molecule has 1 atom stereocenters. The summed E-state index contributed by atoms with van der Waals surface area (Å²) in [6.07, 6.45) is 1.22. The van der Waals surface area contributed by atoms with Gasteiger partial charge in [-0.15, -0.1) is 0 Å². The van der Waals surface area contributed by atoms with E-state index in [1.807, 2.05) is 0 Å². The molecule has 0 amide bonds. The Balaban J connectivity index is 2.36. The highest BCUT2D eigenvalue weighted by molar-refractivity contribution is 5.74. The third-order valence-electron chi connectivity index (χ3n) is 2.33. The number of aromatic nitrogens is 2. The van der Waals surface area contributed by atoms with Gasteiger partial charge in [0, 0.05) is 5.69 Å². The normalized spacial score (nSPS) is 17.0. The van der Waals surface area contributed by atoms with Crippen LogP contribution < -0.4 is 0 Å². The van der Waals surface area contributed by atoms with Gasteiger partial charge in [0.25, 0.3) is 0 Å². The summed E-state index contributed by atoms with van der Waals surface area (Å²) < 4.78 is 0. The quantitative estimate of drug-likeness (QED) is 0.601. The van der Waals surface area contributed by atoms with E-state index in [9.17, 15) is 9.90 Å². The summed E-state index contributed by atoms with van der Waals surface area (Å²) in [4.78, 5) is 10.5. The van der Waals surface area contributed by atoms with Gasteiger partial charge in [-0.25, -0.2) is 4.79 Å². The van der Waals surface area contributed by atoms with Crippen LogP contribution in [0.1, 0.15) is 29.5 Å². The molecule has 1 aromatic rings. The van der Waals surface area contributed by atoms with Crippen LogP contribution in [-0.2, 0) is 17.6 Å². The van der Waals surface area contributed by atoms with Crippen molar-refractivity contribution in [1.29, 1.82) is 0 Å². The van der Waals surface area contributed by atoms with Gasteiger partial charge in [0.05, 0.1) is 0 Å². The number of nitrogens with zero attached hydrogens (tertiary/aromatic N) is 1. The molecule has 0 saturated heterocycles. The highest BCUT2D eigenvalue weighted by atomic mass is 16.4. The third-order valence-corrected chi connectivity index (χ3v) is 2.33. The summed E-state index contributed by atoms with van der Waals surface area (Å²) in [6, 6.07) is 0. The largest absolute Gasteiger partial charge is 0.479 e. The van der Waals surface area contributed by atoms with Gasteiger partial charge < -0.3 is 10.2 Å². The number of hydrogen-bond acceptors (Lipinski definition) is 3. The van der Waals surface area contributed by atoms with Crippen molar-refractivity contribution in [2.24, 2.45) is 0 Å². The molecule has 70 valence electrons. The summed E-state index contributed by atoms with van der Waals surface area (Å²) in [5, 5.41) is 24.4. The zero-order valence-electron chi connectivity index (χ0n) is 6.95. The van der Waals surface area contributed by atoms with Gasteiger partial charge in [0.15, 0.2) is 6.10 Å². The van der Waals surface area contributed by atoms with Crippen LogP contribution in [0.3, 0.4) is 0 Å². The van der Waals surface area contributed by atoms with E-state index in [0.717, 1.165) is 30.5 Å². The molecule has 0 spiro atoms. The first-order chi connectivity index (χ1) is 6.20. The molecule has 5 nitrogen and oxygen atoms in total. The topological polar surface area (TPSA) is 86.2 Å². The number of hydrogen-bond donors (Lipinski definition) is 3. The van der Waals surface area contributed by atoms with Crippen LogP contribution in [0.2, 0.25) is 0 Å². The Morgan fingerprint density at radius 2 is 2.31 bits per heavy atom. The fourth-order valence-corrected chi connectivity index (χ4v) is 1.69. The van der Waals surface area contributed by atoms with Crippen molar-refractivity contribution >= 4 is 5.97 Å². The fourth-order valence-electron chi connectivity index (χ4n) is 1.69. The van der Waals surface area contributed by atoms with E-state index in [1.165, 1.54) is 0 Å². The maximum absolute atomic E-state index is 10.5. The molecule has 0 radical (unpaired) electrons. The molecular weight excluding hydrogens is 172 g/mol. The number of aromatic amines is 1. The number of carbonyl (C=O) groups is 1. The minimum Gasteiger partial charge on any atom is -0.479 e. The highest BCUT2D eigenvalue weighted by Gasteiger charge is 2.26. The van der Waals surface area contributed by atoms with Crippen LogP contribution in [-0.4, -0.2) is 26.4 Å². The third kappa shape index (κ3) is 1.21. The number of nitrogens with one attached hydrogen (secondary N) is 1. The Kier molecular flexibility index (Phi) is 1.81. The number of carboxylic acid groups (broad SMARTS) is 1. The number of carboxylic acids is 1. The molecule has 1 aromatic heterocycles. The second-order valence-corrected chi connectivity index (χ2v) is 3.16. The van der Waals surface area contributed by atoms with Crippen molar-refractivity contribution in [2.45, 2.75) is 25.4 Å². The Bertz CT molecular complexity index is 345. The van der Waals surface area contributed by atoms with E-state index in [-0.39, 0.29) is 5.69 Å². The van der Waals surface area contributed by atoms with E-state index in [0.29, 0.717) is 0 Å². The molecule has 0 bridgehead atoms. The van der Waals surface area contributed by atoms with Crippen LogP contribution in [0.15, 0.2) is 0 Å². The predicted octanol–water partition coefficient (Wildman–Crippen LogP) is 0.0164. The summed E-state index contributed by atoms with van der Waals surface area (Å²) in [6.45, 7) is 0. The molecule has 13 heavy (non-hydrogen) atoms. The Labute approximate surface area is 74.4 Å². The van der Waals surface area contributed by atoms with E-state index >= 15 is 0 Å². The molecular formula is C8H10N2O3. The molecule has 3 N–H and O–H groups in total. The number of aryl methyl sites for hydroxylation is 1. The minimum absolute atomic E-state index is 0.278. The average Bonchev–Trinajstić information content (AvgIpc) is 2.61. The van der Waals surface area contributed by atoms with Gasteiger partial charge in [-0.3, -0.25) is 5.10 Å². The van der Waals surface area contributed by atoms with E-state index in [1.54, 1.807) is 0 Å². The van der Waals surface area contributed by atoms with E-state index in [4.69, 9.17) is 5.11 Å². The second kappa shape index (κ2) is 2.85. The molecule has 0 aliphatic heterocycles. The molecule has 1 aliphatic rings. The van der Waals surface area contributed by atoms with Gasteiger partial charge in [0.2, 0.25) is 0 Å². The van der Waals surface area contributed by atoms with Gasteiger partial charge in [-0.1, -0.05) is 0 Å². The van der Waals surface area contributed by atoms with Crippen LogP contribution in [0.25, 0.3) is 0 Å². The lowest BCUT2D eigenvalue weighted by atomic mass is 10.1. The van der Waals surface area contributed by atoms with Crippen molar-refractivity contribution in [3.63, 3.8) is 0 Å². The lowest BCUT2D eigenvalue weighted by Gasteiger charge is -2.02. The summed E-state index contributed by atoms with van der Waals surface area (Å²) in [5.41, 5.74) is 2.13. The molecule has 0 aromatic carbocycles. The Morgan fingerprint density at radius 3 is 3.00 bits per heavy atom. The summed E-state index contributed by atoms with van der Waals surface area (Å²) in [5.74, 6) is -1.25. The first kappa shape index (κ1) is 8.25. The van der Waals surface area contributed by atoms with E-state index in [2.05, 4.69) is 10.2 Å². The molecule has 0 fully saturated rings. The summed E-state index contributed by atoms with van der Waals surface area (Å²) >= 11 is 0. The molecule has 1 heterocycles. The zero-order valence-corrected chi connectivity index (χ0v) is 6.95. The van der Waals surface area contributed by atoms with Gasteiger partial charge >= 0.3 is 5.97 Å². The van der Waals surface area contributed by atoms with Crippen molar-refractivity contribution in [3.05, 3.63) is 17.0 Å². The van der Waals surface area contributed by atoms with Gasteiger partial charge in [-0.05, 0) is 24.8 Å². The standard InChI is InChI=1S/C8H10N2O3/c11-7(8(12)13)6-4-2-1-3-5(4)9-10-6/h7,11H,1-3H2,(H,9,10)(H,12,13). The van der Waals surface area contributed by atoms with Crippen molar-refractivity contribution in [2.75, 3.05) is 0 Å². The number of rotatable bonds is 2. The highest BCUT2D eigenvalue weighted by Crippen LogP contribution is 2.26. The maximum atomic E-state index is 10.5. The van der Waals surface area contributed by atoms with Crippen molar-refractivity contribution in [3.8, 4) is 0 Å². The Morgan fingerprint density at radius 1 is 1.54 bits per heavy atom. The average molecular weight is 182 g/mol. The van der Waals surface area contributed by atoms with Crippen molar-refractivity contribution < 1.29 is 15.0 Å². The number of H-pyrrole nitrogens is 1. The van der Waals surface area contributed by atoms with Gasteiger partial charge in [0.1, 0.15) is 5.69 Å². The molecule has 1 unspecified atom stereocenters. The Hall–Kier alpha value is -1.36. The van der Waals surface area contributed by atoms with E-state index < -0.39 is 12.1 Å². The summed E-state index contributed by atoms with van der Waals surface area (Å²) in [7, 11) is 0. The first-order valence-corrected chi connectivity index (χ1v) is 4.17. The maximum Gasteiger partial charge on any atom is 0.338 e. The molecule has 5 heteroatoms. The van der Waals surface area contributed by atoms with Gasteiger partial charge in [-0.2, -0.15) is 5.10 Å². The first-order valence-electron chi connectivity index (χ1n) is 4.17. The predicted molar refractivity (Wildman–Crippen MR) is 43.2 cm³/mol. The molecule has 2 rings (SSSR count). The lowest BCUT2D eigenvalue weighted by molar-refractivity contribution is -0.147. The molecule has 0 saturated carbocycles. The smallest absolute Gasteiger partial charge is 0.338 e. The number of aliphatic carboxylic acids is 1. The second-order valence-electron chi connectivity index (χ2n) is 3.16. The monoisotopic (exact) mass is 182 g/mol. The number of fused-ring (bicyclic) bond motifs is 1. The number of aliphatic hydroxyl groups excluding tert-OH is 1. The van der Waals surface area contributed by atoms with Crippen LogP contribution in [0, 0.1) is 0 Å². The van der Waals surface area contributed by atoms with Crippen molar-refractivity contribution in [1.82, 2.24) is 10.2 Å². The van der Waals surface area contributed by atoms with Crippen LogP contribution in [0.4, 0.5) is 0 Å². The minimum atomic E-state index is -1.49. The van der Waals surface area contributed by atoms with Crippen LogP contribution >= 0.6 is 0 Å².